The summed E-state index contributed by atoms with van der Waals surface area (Å²) in [6, 6.07) is 11.5. The van der Waals surface area contributed by atoms with E-state index in [9.17, 15) is 4.39 Å². The number of hydrogen-bond donors (Lipinski definition) is 0. The molecule has 0 amide bonds. The first-order chi connectivity index (χ1) is 10.5. The first-order valence-corrected chi connectivity index (χ1v) is 7.54. The summed E-state index contributed by atoms with van der Waals surface area (Å²) in [5.41, 5.74) is 2.97. The van der Waals surface area contributed by atoms with Gasteiger partial charge >= 0.3 is 0 Å². The minimum atomic E-state index is -0.401. The predicted molar refractivity (Wildman–Crippen MR) is 89.1 cm³/mol. The molecule has 3 rings (SSSR count). The Morgan fingerprint density at radius 3 is 2.32 bits per heavy atom. The summed E-state index contributed by atoms with van der Waals surface area (Å²) in [5.74, 6) is -0.401. The zero-order valence-corrected chi connectivity index (χ0v) is 13.7. The average molecular weight is 356 g/mol. The van der Waals surface area contributed by atoms with E-state index in [4.69, 9.17) is 34.8 Å². The molecule has 0 aliphatic rings. The van der Waals surface area contributed by atoms with Gasteiger partial charge in [0.2, 0.25) is 0 Å². The fraction of sp³-hybridized carbons (Fsp3) is 0.0625. The maximum atomic E-state index is 13.3. The molecule has 22 heavy (non-hydrogen) atoms. The van der Waals surface area contributed by atoms with Gasteiger partial charge in [0.15, 0.2) is 5.15 Å². The molecule has 1 aromatic heterocycles. The highest BCUT2D eigenvalue weighted by molar-refractivity contribution is 6.36. The normalized spacial score (nSPS) is 11.0. The number of halogens is 4. The molecule has 0 radical (unpaired) electrons. The number of rotatable bonds is 2. The van der Waals surface area contributed by atoms with Gasteiger partial charge in [-0.3, -0.25) is 4.68 Å². The van der Waals surface area contributed by atoms with E-state index in [1.165, 1.54) is 12.1 Å². The first-order valence-electron chi connectivity index (χ1n) is 6.41. The maximum absolute atomic E-state index is 13.3. The summed E-state index contributed by atoms with van der Waals surface area (Å²) < 4.78 is 15.0. The van der Waals surface area contributed by atoms with Crippen molar-refractivity contribution >= 4 is 34.8 Å². The Balaban J connectivity index is 2.26. The summed E-state index contributed by atoms with van der Waals surface area (Å²) in [4.78, 5) is 0. The first kappa shape index (κ1) is 15.3. The third kappa shape index (κ3) is 2.72. The van der Waals surface area contributed by atoms with Crippen molar-refractivity contribution < 1.29 is 4.39 Å². The molecule has 0 unspecified atom stereocenters. The molecule has 6 heteroatoms. The van der Waals surface area contributed by atoms with Crippen LogP contribution in [-0.2, 0) is 7.05 Å². The maximum Gasteiger partial charge on any atom is 0.159 e. The number of aryl methyl sites for hydroxylation is 1. The van der Waals surface area contributed by atoms with Gasteiger partial charge in [-0.1, -0.05) is 46.9 Å². The van der Waals surface area contributed by atoms with E-state index >= 15 is 0 Å². The Morgan fingerprint density at radius 2 is 1.68 bits per heavy atom. The van der Waals surface area contributed by atoms with Crippen molar-refractivity contribution in [2.75, 3.05) is 0 Å². The monoisotopic (exact) mass is 354 g/mol. The van der Waals surface area contributed by atoms with Crippen molar-refractivity contribution in [2.24, 2.45) is 7.05 Å². The quantitative estimate of drug-likeness (QED) is 0.563. The molecule has 0 aliphatic heterocycles. The van der Waals surface area contributed by atoms with Crippen LogP contribution in [0.4, 0.5) is 4.39 Å². The van der Waals surface area contributed by atoms with Gasteiger partial charge in [0.05, 0.1) is 10.7 Å². The summed E-state index contributed by atoms with van der Waals surface area (Å²) in [5, 5.41) is 5.47. The van der Waals surface area contributed by atoms with Crippen LogP contribution in [-0.4, -0.2) is 9.78 Å². The number of benzene rings is 2. The van der Waals surface area contributed by atoms with Crippen LogP contribution in [0.5, 0.6) is 0 Å². The highest BCUT2D eigenvalue weighted by Gasteiger charge is 2.20. The van der Waals surface area contributed by atoms with Gasteiger partial charge in [-0.05, 0) is 30.3 Å². The second-order valence-electron chi connectivity index (χ2n) is 4.77. The van der Waals surface area contributed by atoms with Crippen LogP contribution < -0.4 is 0 Å². The largest absolute Gasteiger partial charge is 0.266 e. The Bertz CT molecular complexity index is 841. The van der Waals surface area contributed by atoms with Crippen molar-refractivity contribution in [1.82, 2.24) is 9.78 Å². The zero-order valence-electron chi connectivity index (χ0n) is 11.4. The van der Waals surface area contributed by atoms with Crippen molar-refractivity contribution in [3.8, 4) is 22.4 Å². The third-order valence-electron chi connectivity index (χ3n) is 3.32. The van der Waals surface area contributed by atoms with E-state index in [2.05, 4.69) is 5.10 Å². The summed E-state index contributed by atoms with van der Waals surface area (Å²) in [7, 11) is 1.79. The van der Waals surface area contributed by atoms with Crippen LogP contribution in [0.15, 0.2) is 42.5 Å². The van der Waals surface area contributed by atoms with E-state index in [-0.39, 0.29) is 5.02 Å². The predicted octanol–water partition coefficient (Wildman–Crippen LogP) is 5.85. The van der Waals surface area contributed by atoms with Crippen molar-refractivity contribution in [1.29, 1.82) is 0 Å². The smallest absolute Gasteiger partial charge is 0.159 e. The van der Waals surface area contributed by atoms with Gasteiger partial charge in [-0.25, -0.2) is 4.39 Å². The van der Waals surface area contributed by atoms with Crippen molar-refractivity contribution in [3.05, 3.63) is 63.5 Å². The summed E-state index contributed by atoms with van der Waals surface area (Å²) >= 11 is 18.4. The van der Waals surface area contributed by atoms with Gasteiger partial charge in [-0.2, -0.15) is 5.10 Å². The molecular weight excluding hydrogens is 346 g/mol. The molecule has 112 valence electrons. The molecule has 0 saturated carbocycles. The van der Waals surface area contributed by atoms with E-state index in [0.29, 0.717) is 21.3 Å². The molecule has 0 saturated heterocycles. The molecule has 1 heterocycles. The highest BCUT2D eigenvalue weighted by Crippen LogP contribution is 2.40. The Labute approximate surface area is 142 Å². The molecule has 2 nitrogen and oxygen atoms in total. The molecule has 0 atom stereocenters. The fourth-order valence-electron chi connectivity index (χ4n) is 2.36. The van der Waals surface area contributed by atoms with Gasteiger partial charge in [0, 0.05) is 28.8 Å². The summed E-state index contributed by atoms with van der Waals surface area (Å²) in [6.07, 6.45) is 0. The Hall–Kier alpha value is -1.55. The van der Waals surface area contributed by atoms with Gasteiger partial charge in [-0.15, -0.1) is 0 Å². The molecule has 0 fully saturated rings. The minimum absolute atomic E-state index is 0.283. The van der Waals surface area contributed by atoms with E-state index in [1.807, 2.05) is 12.1 Å². The molecule has 0 aliphatic carbocycles. The van der Waals surface area contributed by atoms with Crippen LogP contribution in [0.3, 0.4) is 0 Å². The average Bonchev–Trinajstić information content (AvgIpc) is 2.75. The van der Waals surface area contributed by atoms with Gasteiger partial charge < -0.3 is 0 Å². The molecule has 3 aromatic rings. The van der Waals surface area contributed by atoms with Crippen molar-refractivity contribution in [3.63, 3.8) is 0 Å². The summed E-state index contributed by atoms with van der Waals surface area (Å²) in [6.45, 7) is 0. The fourth-order valence-corrected chi connectivity index (χ4v) is 3.05. The second-order valence-corrected chi connectivity index (χ2v) is 5.97. The highest BCUT2D eigenvalue weighted by atomic mass is 35.5. The van der Waals surface area contributed by atoms with E-state index in [0.717, 1.165) is 11.3 Å². The Morgan fingerprint density at radius 1 is 1.00 bits per heavy atom. The lowest BCUT2D eigenvalue weighted by Gasteiger charge is -2.09. The third-order valence-corrected chi connectivity index (χ3v) is 4.15. The lowest BCUT2D eigenvalue weighted by atomic mass is 10.0. The van der Waals surface area contributed by atoms with Crippen LogP contribution >= 0.6 is 34.8 Å². The van der Waals surface area contributed by atoms with Gasteiger partial charge in [0.25, 0.3) is 0 Å². The molecule has 2 aromatic carbocycles. The lowest BCUT2D eigenvalue weighted by Crippen LogP contribution is -1.94. The number of aromatic nitrogens is 2. The van der Waals surface area contributed by atoms with Crippen molar-refractivity contribution in [2.45, 2.75) is 0 Å². The van der Waals surface area contributed by atoms with Crippen LogP contribution in [0, 0.1) is 5.82 Å². The van der Waals surface area contributed by atoms with E-state index < -0.39 is 5.82 Å². The molecular formula is C16H10Cl3FN2. The number of hydrogen-bond acceptors (Lipinski definition) is 1. The topological polar surface area (TPSA) is 17.8 Å². The Kier molecular flexibility index (Phi) is 4.13. The number of nitrogens with zero attached hydrogens (tertiary/aromatic N) is 2. The lowest BCUT2D eigenvalue weighted by molar-refractivity contribution is 0.628. The molecule has 0 N–H and O–H groups in total. The molecule has 0 bridgehead atoms. The standard InChI is InChI=1S/C16H10Cl3FN2/c1-22-15(9-2-4-10(17)5-3-9)14(16(19)21-22)12-7-6-11(20)8-13(12)18/h2-8H,1H3. The van der Waals surface area contributed by atoms with Crippen LogP contribution in [0.25, 0.3) is 22.4 Å². The van der Waals surface area contributed by atoms with Crippen LogP contribution in [0.2, 0.25) is 15.2 Å². The zero-order chi connectivity index (χ0) is 15.9. The SMILES string of the molecule is Cn1nc(Cl)c(-c2ccc(F)cc2Cl)c1-c1ccc(Cl)cc1. The second kappa shape index (κ2) is 5.92. The molecule has 0 spiro atoms. The van der Waals surface area contributed by atoms with Gasteiger partial charge in [0.1, 0.15) is 5.82 Å². The van der Waals surface area contributed by atoms with E-state index in [1.54, 1.807) is 29.9 Å². The minimum Gasteiger partial charge on any atom is -0.266 e. The van der Waals surface area contributed by atoms with Crippen LogP contribution in [0.1, 0.15) is 0 Å².